The van der Waals surface area contributed by atoms with Crippen LogP contribution in [0, 0.1) is 6.92 Å². The van der Waals surface area contributed by atoms with Gasteiger partial charge in [-0.3, -0.25) is 0 Å². The maximum absolute atomic E-state index is 9.05. The normalized spacial score (nSPS) is 20.1. The number of rotatable bonds is 3. The van der Waals surface area contributed by atoms with Crippen molar-refractivity contribution in [3.05, 3.63) is 23.4 Å². The molecule has 1 saturated heterocycles. The summed E-state index contributed by atoms with van der Waals surface area (Å²) in [6.45, 7) is 2.12. The third-order valence-electron chi connectivity index (χ3n) is 3.08. The number of hydrogen-bond donors (Lipinski definition) is 1. The molecule has 0 aliphatic carbocycles. The summed E-state index contributed by atoms with van der Waals surface area (Å²) in [4.78, 5) is 6.72. The monoisotopic (exact) mass is 238 g/mol. The summed E-state index contributed by atoms with van der Waals surface area (Å²) in [5.74, 6) is 3.49. The van der Waals surface area contributed by atoms with E-state index >= 15 is 0 Å². The Hall–Kier alpha value is -0.740. The van der Waals surface area contributed by atoms with Crippen LogP contribution in [0.15, 0.2) is 12.3 Å². The van der Waals surface area contributed by atoms with E-state index in [2.05, 4.69) is 23.9 Å². The van der Waals surface area contributed by atoms with Crippen molar-refractivity contribution in [1.29, 1.82) is 0 Å². The molecule has 0 spiro atoms. The largest absolute Gasteiger partial charge is 0.392 e. The first-order chi connectivity index (χ1) is 7.72. The maximum atomic E-state index is 9.05. The average Bonchev–Trinajstić information content (AvgIpc) is 2.81. The van der Waals surface area contributed by atoms with Crippen LogP contribution in [0.4, 0.5) is 5.82 Å². The molecule has 1 aromatic rings. The van der Waals surface area contributed by atoms with E-state index in [1.807, 2.05) is 17.8 Å². The Balaban J connectivity index is 2.19. The Labute approximate surface area is 101 Å². The van der Waals surface area contributed by atoms with Gasteiger partial charge in [-0.1, -0.05) is 0 Å². The number of anilines is 1. The van der Waals surface area contributed by atoms with E-state index in [0.29, 0.717) is 6.04 Å². The lowest BCUT2D eigenvalue weighted by atomic mass is 10.1. The van der Waals surface area contributed by atoms with Gasteiger partial charge >= 0.3 is 0 Å². The molecule has 1 aliphatic rings. The first-order valence-corrected chi connectivity index (χ1v) is 6.75. The van der Waals surface area contributed by atoms with E-state index in [1.54, 1.807) is 6.20 Å². The number of aromatic nitrogens is 1. The molecule has 0 aromatic carbocycles. The highest BCUT2D eigenvalue weighted by molar-refractivity contribution is 7.99. The molecule has 1 aromatic heterocycles. The summed E-state index contributed by atoms with van der Waals surface area (Å²) < 4.78 is 0. The Kier molecular flexibility index (Phi) is 3.71. The molecule has 0 saturated carbocycles. The van der Waals surface area contributed by atoms with Gasteiger partial charge in [0, 0.05) is 25.0 Å². The zero-order valence-corrected chi connectivity index (χ0v) is 10.6. The minimum absolute atomic E-state index is 0.0666. The van der Waals surface area contributed by atoms with Gasteiger partial charge in [-0.25, -0.2) is 4.98 Å². The minimum atomic E-state index is 0.0666. The van der Waals surface area contributed by atoms with E-state index in [0.717, 1.165) is 16.9 Å². The van der Waals surface area contributed by atoms with Crippen LogP contribution in [0.2, 0.25) is 0 Å². The quantitative estimate of drug-likeness (QED) is 0.871. The second-order valence-corrected chi connectivity index (χ2v) is 5.42. The molecule has 4 heteroatoms. The van der Waals surface area contributed by atoms with Crippen molar-refractivity contribution in [1.82, 2.24) is 4.98 Å². The first kappa shape index (κ1) is 11.7. The number of nitrogens with zero attached hydrogens (tertiary/aromatic N) is 2. The van der Waals surface area contributed by atoms with Crippen molar-refractivity contribution in [2.75, 3.05) is 23.5 Å². The Morgan fingerprint density at radius 1 is 1.62 bits per heavy atom. The van der Waals surface area contributed by atoms with Crippen molar-refractivity contribution in [3.63, 3.8) is 0 Å². The van der Waals surface area contributed by atoms with E-state index in [4.69, 9.17) is 5.11 Å². The average molecular weight is 238 g/mol. The van der Waals surface area contributed by atoms with Crippen LogP contribution >= 0.6 is 11.8 Å². The molecule has 2 rings (SSSR count). The highest BCUT2D eigenvalue weighted by Gasteiger charge is 2.22. The highest BCUT2D eigenvalue weighted by atomic mass is 32.2. The SMILES string of the molecule is Cc1cc(CO)cnc1N(C)C1CCSC1. The van der Waals surface area contributed by atoms with Gasteiger partial charge in [0.05, 0.1) is 6.61 Å². The second kappa shape index (κ2) is 5.06. The number of aryl methyl sites for hydroxylation is 1. The highest BCUT2D eigenvalue weighted by Crippen LogP contribution is 2.26. The van der Waals surface area contributed by atoms with Crippen molar-refractivity contribution >= 4 is 17.6 Å². The van der Waals surface area contributed by atoms with E-state index < -0.39 is 0 Å². The van der Waals surface area contributed by atoms with E-state index in [-0.39, 0.29) is 6.61 Å². The zero-order chi connectivity index (χ0) is 11.5. The molecule has 88 valence electrons. The van der Waals surface area contributed by atoms with Crippen LogP contribution in [0.5, 0.6) is 0 Å². The smallest absolute Gasteiger partial charge is 0.131 e. The van der Waals surface area contributed by atoms with Crippen LogP contribution in [0.1, 0.15) is 17.5 Å². The summed E-state index contributed by atoms with van der Waals surface area (Å²) in [5, 5.41) is 9.05. The van der Waals surface area contributed by atoms with Gasteiger partial charge in [0.1, 0.15) is 5.82 Å². The number of aliphatic hydroxyl groups is 1. The van der Waals surface area contributed by atoms with Gasteiger partial charge < -0.3 is 10.0 Å². The molecule has 1 atom stereocenters. The summed E-state index contributed by atoms with van der Waals surface area (Å²) in [7, 11) is 2.12. The molecule has 1 N–H and O–H groups in total. The topological polar surface area (TPSA) is 36.4 Å². The summed E-state index contributed by atoms with van der Waals surface area (Å²) in [5.41, 5.74) is 2.03. The Morgan fingerprint density at radius 3 is 3.00 bits per heavy atom. The van der Waals surface area contributed by atoms with Crippen LogP contribution in [-0.2, 0) is 6.61 Å². The zero-order valence-electron chi connectivity index (χ0n) is 9.81. The van der Waals surface area contributed by atoms with Crippen molar-refractivity contribution in [2.24, 2.45) is 0 Å². The van der Waals surface area contributed by atoms with Crippen LogP contribution in [-0.4, -0.2) is 34.7 Å². The second-order valence-electron chi connectivity index (χ2n) is 4.27. The third-order valence-corrected chi connectivity index (χ3v) is 4.22. The molecular weight excluding hydrogens is 220 g/mol. The summed E-state index contributed by atoms with van der Waals surface area (Å²) in [6, 6.07) is 2.62. The fourth-order valence-electron chi connectivity index (χ4n) is 2.08. The van der Waals surface area contributed by atoms with Gasteiger partial charge in [-0.15, -0.1) is 0 Å². The standard InChI is InChI=1S/C12H18N2OS/c1-9-5-10(7-15)6-13-12(9)14(2)11-3-4-16-8-11/h5-6,11,15H,3-4,7-8H2,1-2H3. The van der Waals surface area contributed by atoms with Gasteiger partial charge in [0.25, 0.3) is 0 Å². The van der Waals surface area contributed by atoms with Crippen molar-refractivity contribution in [2.45, 2.75) is 26.0 Å². The molecule has 1 fully saturated rings. The summed E-state index contributed by atoms with van der Waals surface area (Å²) in [6.07, 6.45) is 3.00. The molecular formula is C12H18N2OS. The lowest BCUT2D eigenvalue weighted by Crippen LogP contribution is -2.32. The van der Waals surface area contributed by atoms with Crippen LogP contribution in [0.3, 0.4) is 0 Å². The minimum Gasteiger partial charge on any atom is -0.392 e. The first-order valence-electron chi connectivity index (χ1n) is 5.59. The molecule has 16 heavy (non-hydrogen) atoms. The Morgan fingerprint density at radius 2 is 2.44 bits per heavy atom. The lowest BCUT2D eigenvalue weighted by Gasteiger charge is -2.26. The third kappa shape index (κ3) is 2.33. The fraction of sp³-hybridized carbons (Fsp3) is 0.583. The molecule has 0 amide bonds. The van der Waals surface area contributed by atoms with Crippen molar-refractivity contribution < 1.29 is 5.11 Å². The van der Waals surface area contributed by atoms with E-state index in [1.165, 1.54) is 17.9 Å². The molecule has 0 radical (unpaired) electrons. The van der Waals surface area contributed by atoms with Gasteiger partial charge in [0.2, 0.25) is 0 Å². The lowest BCUT2D eigenvalue weighted by molar-refractivity contribution is 0.281. The maximum Gasteiger partial charge on any atom is 0.131 e. The van der Waals surface area contributed by atoms with Crippen molar-refractivity contribution in [3.8, 4) is 0 Å². The number of pyridine rings is 1. The number of thioether (sulfide) groups is 1. The van der Waals surface area contributed by atoms with Gasteiger partial charge in [-0.2, -0.15) is 11.8 Å². The number of hydrogen-bond acceptors (Lipinski definition) is 4. The fourth-order valence-corrected chi connectivity index (χ4v) is 3.35. The van der Waals surface area contributed by atoms with Crippen LogP contribution in [0.25, 0.3) is 0 Å². The van der Waals surface area contributed by atoms with E-state index in [9.17, 15) is 0 Å². The predicted octanol–water partition coefficient (Wildman–Crippen LogP) is 1.82. The molecule has 1 unspecified atom stereocenters. The number of aliphatic hydroxyl groups excluding tert-OH is 1. The molecule has 2 heterocycles. The summed E-state index contributed by atoms with van der Waals surface area (Å²) >= 11 is 2.01. The predicted molar refractivity (Wildman–Crippen MR) is 69.0 cm³/mol. The van der Waals surface area contributed by atoms with Crippen LogP contribution < -0.4 is 4.90 Å². The van der Waals surface area contributed by atoms with Gasteiger partial charge in [-0.05, 0) is 36.3 Å². The molecule has 3 nitrogen and oxygen atoms in total. The molecule has 1 aliphatic heterocycles. The Bertz CT molecular complexity index is 364. The molecule has 0 bridgehead atoms. The van der Waals surface area contributed by atoms with Gasteiger partial charge in [0.15, 0.2) is 0 Å².